The maximum Gasteiger partial charge on any atom is 0.490 e. The number of aliphatic hydroxyl groups is 1. The molecule has 0 saturated carbocycles. The fourth-order valence-electron chi connectivity index (χ4n) is 0.721. The lowest BCUT2D eigenvalue weighted by Gasteiger charge is -2.01. The average Bonchev–Trinajstić information content (AvgIpc) is 2.52. The second kappa shape index (κ2) is 4.15. The van der Waals surface area contributed by atoms with Crippen LogP contribution in [-0.2, 0) is 6.54 Å². The molecule has 0 fully saturated rings. The highest BCUT2D eigenvalue weighted by molar-refractivity contribution is 6.18. The van der Waals surface area contributed by atoms with Crippen LogP contribution in [-0.4, -0.2) is 36.8 Å². The highest BCUT2D eigenvalue weighted by Gasteiger charge is 2.14. The Morgan fingerprint density at radius 3 is 3.00 bits per heavy atom. The lowest BCUT2D eigenvalue weighted by Crippen LogP contribution is -2.17. The van der Waals surface area contributed by atoms with Crippen LogP contribution in [0.4, 0.5) is 5.95 Å². The Kier molecular flexibility index (Phi) is 3.15. The first kappa shape index (κ1) is 9.87. The summed E-state index contributed by atoms with van der Waals surface area (Å²) >= 11 is 5.33. The zero-order valence-corrected chi connectivity index (χ0v) is 7.26. The van der Waals surface area contributed by atoms with Crippen molar-refractivity contribution in [2.45, 2.75) is 12.6 Å². The van der Waals surface area contributed by atoms with Gasteiger partial charge >= 0.3 is 5.95 Å². The van der Waals surface area contributed by atoms with Crippen molar-refractivity contribution in [2.75, 3.05) is 5.88 Å². The number of nitro groups is 1. The maximum absolute atomic E-state index is 10.1. The third kappa shape index (κ3) is 2.63. The van der Waals surface area contributed by atoms with Gasteiger partial charge in [0.05, 0.1) is 18.5 Å². The lowest BCUT2D eigenvalue weighted by molar-refractivity contribution is -0.394. The molecule has 0 spiro atoms. The highest BCUT2D eigenvalue weighted by atomic mass is 35.5. The molecular weight excluding hydrogens is 200 g/mol. The molecule has 1 heterocycles. The number of nitrogens with zero attached hydrogens (tertiary/aromatic N) is 4. The quantitative estimate of drug-likeness (QED) is 0.418. The molecule has 72 valence electrons. The Hall–Kier alpha value is -1.21. The Morgan fingerprint density at radius 2 is 2.54 bits per heavy atom. The molecular formula is C5H7ClN4O3. The van der Waals surface area contributed by atoms with Crippen LogP contribution in [0.5, 0.6) is 0 Å². The number of hydrogen-bond acceptors (Lipinski definition) is 5. The van der Waals surface area contributed by atoms with Crippen molar-refractivity contribution in [2.24, 2.45) is 0 Å². The molecule has 8 heteroatoms. The van der Waals surface area contributed by atoms with Crippen molar-refractivity contribution in [1.29, 1.82) is 0 Å². The summed E-state index contributed by atoms with van der Waals surface area (Å²) in [6, 6.07) is 0. The van der Waals surface area contributed by atoms with Crippen molar-refractivity contribution in [3.05, 3.63) is 16.4 Å². The van der Waals surface area contributed by atoms with Crippen molar-refractivity contribution in [3.63, 3.8) is 0 Å². The normalized spacial score (nSPS) is 12.8. The Labute approximate surface area is 78.1 Å². The molecule has 0 saturated heterocycles. The van der Waals surface area contributed by atoms with Gasteiger partial charge in [-0.2, -0.15) is 4.68 Å². The van der Waals surface area contributed by atoms with Crippen LogP contribution >= 0.6 is 11.6 Å². The first-order valence-corrected chi connectivity index (χ1v) is 3.95. The lowest BCUT2D eigenvalue weighted by atomic mass is 10.4. The van der Waals surface area contributed by atoms with E-state index in [4.69, 9.17) is 16.7 Å². The largest absolute Gasteiger partial charge is 0.490 e. The van der Waals surface area contributed by atoms with Crippen molar-refractivity contribution in [1.82, 2.24) is 14.8 Å². The summed E-state index contributed by atoms with van der Waals surface area (Å²) < 4.78 is 1.17. The maximum atomic E-state index is 10.1. The minimum Gasteiger partial charge on any atom is -0.390 e. The highest BCUT2D eigenvalue weighted by Crippen LogP contribution is 2.01. The second-order valence-electron chi connectivity index (χ2n) is 2.33. The van der Waals surface area contributed by atoms with E-state index in [0.29, 0.717) is 0 Å². The molecule has 0 aliphatic carbocycles. The van der Waals surface area contributed by atoms with Crippen molar-refractivity contribution >= 4 is 17.5 Å². The van der Waals surface area contributed by atoms with Gasteiger partial charge in [-0.3, -0.25) is 0 Å². The molecule has 13 heavy (non-hydrogen) atoms. The van der Waals surface area contributed by atoms with Gasteiger partial charge in [0.1, 0.15) is 0 Å². The third-order valence-electron chi connectivity index (χ3n) is 1.26. The van der Waals surface area contributed by atoms with Gasteiger partial charge < -0.3 is 15.2 Å². The van der Waals surface area contributed by atoms with Crippen LogP contribution in [0.2, 0.25) is 0 Å². The summed E-state index contributed by atoms with van der Waals surface area (Å²) in [6.45, 7) is 0.102. The van der Waals surface area contributed by atoms with E-state index in [2.05, 4.69) is 10.1 Å². The van der Waals surface area contributed by atoms with Gasteiger partial charge in [-0.15, -0.1) is 11.6 Å². The summed E-state index contributed by atoms with van der Waals surface area (Å²) in [5.74, 6) is -0.435. The van der Waals surface area contributed by atoms with Crippen LogP contribution in [0, 0.1) is 10.1 Å². The van der Waals surface area contributed by atoms with E-state index in [0.717, 1.165) is 0 Å². The standard InChI is InChI=1S/C5H7ClN4O3/c6-1-4(11)2-9-3-7-5(8-9)10(12)13/h3-4,11H,1-2H2/t4-/m1/s1. The predicted molar refractivity (Wildman–Crippen MR) is 43.4 cm³/mol. The summed E-state index contributed by atoms with van der Waals surface area (Å²) in [5.41, 5.74) is 0. The van der Waals surface area contributed by atoms with Crippen LogP contribution in [0.25, 0.3) is 0 Å². The molecule has 1 aromatic rings. The van der Waals surface area contributed by atoms with Crippen molar-refractivity contribution < 1.29 is 10.0 Å². The van der Waals surface area contributed by atoms with Gasteiger partial charge in [0, 0.05) is 5.10 Å². The second-order valence-corrected chi connectivity index (χ2v) is 2.64. The minimum absolute atomic E-state index is 0.0493. The molecule has 1 rings (SSSR count). The summed E-state index contributed by atoms with van der Waals surface area (Å²) in [5, 5.41) is 22.7. The van der Waals surface area contributed by atoms with E-state index in [-0.39, 0.29) is 12.4 Å². The number of alkyl halides is 1. The first-order chi connectivity index (χ1) is 6.13. The molecule has 0 aliphatic heterocycles. The zero-order valence-electron chi connectivity index (χ0n) is 6.50. The number of aromatic nitrogens is 3. The summed E-state index contributed by atoms with van der Waals surface area (Å²) in [6.07, 6.45) is 0.399. The zero-order chi connectivity index (χ0) is 9.84. The van der Waals surface area contributed by atoms with E-state index in [1.54, 1.807) is 0 Å². The topological polar surface area (TPSA) is 94.1 Å². The fraction of sp³-hybridized carbons (Fsp3) is 0.600. The molecule has 0 unspecified atom stereocenters. The molecule has 0 amide bonds. The average molecular weight is 207 g/mol. The van der Waals surface area contributed by atoms with E-state index in [9.17, 15) is 10.1 Å². The Balaban J connectivity index is 2.64. The monoisotopic (exact) mass is 206 g/mol. The number of hydrogen-bond donors (Lipinski definition) is 1. The molecule has 0 bridgehead atoms. The predicted octanol–water partition coefficient (Wildman–Crippen LogP) is -0.214. The molecule has 1 atom stereocenters. The van der Waals surface area contributed by atoms with Crippen LogP contribution in [0.1, 0.15) is 0 Å². The number of rotatable bonds is 4. The van der Waals surface area contributed by atoms with E-state index >= 15 is 0 Å². The minimum atomic E-state index is -0.775. The fourth-order valence-corrected chi connectivity index (χ4v) is 0.819. The Bertz CT molecular complexity index is 302. The third-order valence-corrected chi connectivity index (χ3v) is 1.62. The molecule has 0 aliphatic rings. The molecule has 0 radical (unpaired) electrons. The van der Waals surface area contributed by atoms with Gasteiger partial charge in [-0.1, -0.05) is 4.98 Å². The first-order valence-electron chi connectivity index (χ1n) is 3.41. The van der Waals surface area contributed by atoms with Crippen LogP contribution in [0.3, 0.4) is 0 Å². The van der Waals surface area contributed by atoms with E-state index in [1.807, 2.05) is 0 Å². The van der Waals surface area contributed by atoms with Crippen molar-refractivity contribution in [3.8, 4) is 0 Å². The molecule has 1 aromatic heterocycles. The number of halogens is 1. The van der Waals surface area contributed by atoms with Gasteiger partial charge in [0.15, 0.2) is 0 Å². The SMILES string of the molecule is O=[N+]([O-])c1ncn(C[C@H](O)CCl)n1. The summed E-state index contributed by atoms with van der Waals surface area (Å²) in [4.78, 5) is 12.8. The van der Waals surface area contributed by atoms with Gasteiger partial charge in [0.25, 0.3) is 0 Å². The Morgan fingerprint density at radius 1 is 1.85 bits per heavy atom. The van der Waals surface area contributed by atoms with Gasteiger partial charge in [-0.05, 0) is 4.92 Å². The smallest absolute Gasteiger partial charge is 0.390 e. The van der Waals surface area contributed by atoms with Crippen LogP contribution < -0.4 is 0 Å². The molecule has 7 nitrogen and oxygen atoms in total. The van der Waals surface area contributed by atoms with Gasteiger partial charge in [0.2, 0.25) is 6.33 Å². The summed E-state index contributed by atoms with van der Waals surface area (Å²) in [7, 11) is 0. The molecule has 0 aromatic carbocycles. The number of aliphatic hydroxyl groups excluding tert-OH is 1. The van der Waals surface area contributed by atoms with Crippen LogP contribution in [0.15, 0.2) is 6.33 Å². The van der Waals surface area contributed by atoms with E-state index in [1.165, 1.54) is 11.0 Å². The van der Waals surface area contributed by atoms with Gasteiger partial charge in [-0.25, -0.2) is 0 Å². The molecule has 1 N–H and O–H groups in total. The van der Waals surface area contributed by atoms with E-state index < -0.39 is 17.0 Å².